The van der Waals surface area contributed by atoms with E-state index in [1.54, 1.807) is 15.9 Å². The number of nitrogens with zero attached hydrogens (tertiary/aromatic N) is 8. The fourth-order valence-corrected chi connectivity index (χ4v) is 4.94. The van der Waals surface area contributed by atoms with E-state index in [1.807, 2.05) is 24.0 Å². The van der Waals surface area contributed by atoms with E-state index in [-0.39, 0.29) is 5.91 Å². The second-order valence-corrected chi connectivity index (χ2v) is 9.04. The molecule has 9 nitrogen and oxygen atoms in total. The molecule has 0 aromatic carbocycles. The summed E-state index contributed by atoms with van der Waals surface area (Å²) in [7, 11) is 0. The van der Waals surface area contributed by atoms with E-state index in [2.05, 4.69) is 46.8 Å². The molecule has 0 spiro atoms. The van der Waals surface area contributed by atoms with Crippen LogP contribution in [0.4, 0.5) is 5.82 Å². The first-order chi connectivity index (χ1) is 15.2. The standard InChI is InChI=1S/C21H28N8OS/c1-17-22-23-19-2-3-20(24-29(17)19)27-9-5-26(6-10-27)15-21(30)28-11-7-25(8-12-28)14-18-4-13-31-16-18/h2-4,13,16H,5-12,14-15H2,1H3. The number of hydrogen-bond donors (Lipinski definition) is 0. The van der Waals surface area contributed by atoms with Crippen LogP contribution in [0.3, 0.4) is 0 Å². The maximum Gasteiger partial charge on any atom is 0.236 e. The number of hydrogen-bond acceptors (Lipinski definition) is 8. The fraction of sp³-hybridized carbons (Fsp3) is 0.524. The van der Waals surface area contributed by atoms with E-state index >= 15 is 0 Å². The molecule has 2 fully saturated rings. The van der Waals surface area contributed by atoms with Crippen molar-refractivity contribution in [1.82, 2.24) is 34.5 Å². The molecule has 164 valence electrons. The van der Waals surface area contributed by atoms with Crippen molar-refractivity contribution < 1.29 is 4.79 Å². The van der Waals surface area contributed by atoms with E-state index in [0.717, 1.165) is 76.2 Å². The lowest BCUT2D eigenvalue weighted by Gasteiger charge is -2.38. The number of thiophene rings is 1. The zero-order chi connectivity index (χ0) is 21.2. The first-order valence-electron chi connectivity index (χ1n) is 10.8. The van der Waals surface area contributed by atoms with Crippen molar-refractivity contribution in [3.8, 4) is 0 Å². The number of fused-ring (bicyclic) bond motifs is 1. The third kappa shape index (κ3) is 4.56. The third-order valence-corrected chi connectivity index (χ3v) is 6.90. The summed E-state index contributed by atoms with van der Waals surface area (Å²) in [5.74, 6) is 1.97. The van der Waals surface area contributed by atoms with Crippen LogP contribution >= 0.6 is 11.3 Å². The van der Waals surface area contributed by atoms with Crippen LogP contribution < -0.4 is 4.90 Å². The van der Waals surface area contributed by atoms with Crippen molar-refractivity contribution in [2.75, 3.05) is 63.8 Å². The molecular weight excluding hydrogens is 412 g/mol. The van der Waals surface area contributed by atoms with Gasteiger partial charge in [-0.3, -0.25) is 14.6 Å². The number of aromatic nitrogens is 4. The van der Waals surface area contributed by atoms with Gasteiger partial charge in [-0.25, -0.2) is 0 Å². The molecule has 0 radical (unpaired) electrons. The first kappa shape index (κ1) is 20.3. The second-order valence-electron chi connectivity index (χ2n) is 8.26. The van der Waals surface area contributed by atoms with Gasteiger partial charge < -0.3 is 9.80 Å². The maximum absolute atomic E-state index is 12.8. The van der Waals surface area contributed by atoms with Gasteiger partial charge in [-0.2, -0.15) is 15.9 Å². The number of carbonyl (C=O) groups is 1. The van der Waals surface area contributed by atoms with E-state index in [1.165, 1.54) is 5.56 Å². The second kappa shape index (κ2) is 8.89. The summed E-state index contributed by atoms with van der Waals surface area (Å²) in [4.78, 5) is 21.8. The van der Waals surface area contributed by atoms with Gasteiger partial charge in [0, 0.05) is 58.9 Å². The largest absolute Gasteiger partial charge is 0.353 e. The molecule has 3 aromatic rings. The smallest absolute Gasteiger partial charge is 0.236 e. The zero-order valence-corrected chi connectivity index (χ0v) is 18.7. The van der Waals surface area contributed by atoms with Gasteiger partial charge in [0.2, 0.25) is 5.91 Å². The first-order valence-corrected chi connectivity index (χ1v) is 11.8. The quantitative estimate of drug-likeness (QED) is 0.585. The highest BCUT2D eigenvalue weighted by Gasteiger charge is 2.25. The minimum Gasteiger partial charge on any atom is -0.353 e. The molecule has 3 aromatic heterocycles. The van der Waals surface area contributed by atoms with Crippen molar-refractivity contribution in [2.45, 2.75) is 13.5 Å². The molecule has 2 aliphatic heterocycles. The Morgan fingerprint density at radius 1 is 0.968 bits per heavy atom. The molecule has 5 rings (SSSR count). The SMILES string of the molecule is Cc1nnc2ccc(N3CCN(CC(=O)N4CCN(Cc5ccsc5)CC4)CC3)nn12. The predicted molar refractivity (Wildman–Crippen MR) is 120 cm³/mol. The Kier molecular flexibility index (Phi) is 5.84. The molecule has 0 saturated carbocycles. The molecule has 0 aliphatic carbocycles. The normalized spacial score (nSPS) is 18.7. The molecule has 0 unspecified atom stereocenters. The molecule has 0 bridgehead atoms. The monoisotopic (exact) mass is 440 g/mol. The van der Waals surface area contributed by atoms with Gasteiger partial charge in [0.15, 0.2) is 11.5 Å². The Bertz CT molecular complexity index is 1020. The summed E-state index contributed by atoms with van der Waals surface area (Å²) in [6.45, 7) is 10.4. The Morgan fingerprint density at radius 3 is 2.48 bits per heavy atom. The lowest BCUT2D eigenvalue weighted by Crippen LogP contribution is -2.53. The Hall–Kier alpha value is -2.56. The van der Waals surface area contributed by atoms with E-state index in [4.69, 9.17) is 0 Å². The van der Waals surface area contributed by atoms with Crippen LogP contribution in [0.25, 0.3) is 5.65 Å². The zero-order valence-electron chi connectivity index (χ0n) is 17.9. The maximum atomic E-state index is 12.8. The summed E-state index contributed by atoms with van der Waals surface area (Å²) in [5.41, 5.74) is 2.14. The van der Waals surface area contributed by atoms with Crippen molar-refractivity contribution in [2.24, 2.45) is 0 Å². The molecule has 5 heterocycles. The summed E-state index contributed by atoms with van der Waals surface area (Å²) >= 11 is 1.74. The number of anilines is 1. The number of aryl methyl sites for hydroxylation is 1. The van der Waals surface area contributed by atoms with Crippen LogP contribution in [0.15, 0.2) is 29.0 Å². The number of piperazine rings is 2. The van der Waals surface area contributed by atoms with Crippen LogP contribution in [0.5, 0.6) is 0 Å². The lowest BCUT2D eigenvalue weighted by molar-refractivity contribution is -0.134. The van der Waals surface area contributed by atoms with Crippen molar-refractivity contribution >= 4 is 28.7 Å². The van der Waals surface area contributed by atoms with Gasteiger partial charge in [-0.15, -0.1) is 15.3 Å². The van der Waals surface area contributed by atoms with Crippen LogP contribution in [-0.2, 0) is 11.3 Å². The molecule has 0 N–H and O–H groups in total. The lowest BCUT2D eigenvalue weighted by atomic mass is 10.2. The molecule has 1 amide bonds. The van der Waals surface area contributed by atoms with Crippen molar-refractivity contribution in [1.29, 1.82) is 0 Å². The van der Waals surface area contributed by atoms with Crippen LogP contribution in [0.2, 0.25) is 0 Å². The van der Waals surface area contributed by atoms with Crippen LogP contribution in [-0.4, -0.2) is 99.3 Å². The topological polar surface area (TPSA) is 73.1 Å². The van der Waals surface area contributed by atoms with Crippen LogP contribution in [0, 0.1) is 6.92 Å². The fourth-order valence-electron chi connectivity index (χ4n) is 4.28. The van der Waals surface area contributed by atoms with E-state index in [0.29, 0.717) is 6.54 Å². The summed E-state index contributed by atoms with van der Waals surface area (Å²) < 4.78 is 1.78. The van der Waals surface area contributed by atoms with Gasteiger partial charge in [-0.1, -0.05) is 0 Å². The summed E-state index contributed by atoms with van der Waals surface area (Å²) in [6.07, 6.45) is 0. The Balaban J connectivity index is 1.09. The van der Waals surface area contributed by atoms with Gasteiger partial charge in [0.1, 0.15) is 5.82 Å². The Labute approximate surface area is 185 Å². The van der Waals surface area contributed by atoms with Crippen molar-refractivity contribution in [3.05, 3.63) is 40.3 Å². The van der Waals surface area contributed by atoms with Gasteiger partial charge in [0.25, 0.3) is 0 Å². The van der Waals surface area contributed by atoms with Gasteiger partial charge in [0.05, 0.1) is 6.54 Å². The Morgan fingerprint density at radius 2 is 1.74 bits per heavy atom. The highest BCUT2D eigenvalue weighted by molar-refractivity contribution is 7.07. The predicted octanol–water partition coefficient (Wildman–Crippen LogP) is 0.961. The number of rotatable bonds is 5. The highest BCUT2D eigenvalue weighted by atomic mass is 32.1. The van der Waals surface area contributed by atoms with E-state index < -0.39 is 0 Å². The molecule has 2 aliphatic rings. The van der Waals surface area contributed by atoms with Crippen molar-refractivity contribution in [3.63, 3.8) is 0 Å². The number of amides is 1. The minimum absolute atomic E-state index is 0.253. The van der Waals surface area contributed by atoms with Gasteiger partial charge in [-0.05, 0) is 41.4 Å². The third-order valence-electron chi connectivity index (χ3n) is 6.17. The summed E-state index contributed by atoms with van der Waals surface area (Å²) in [5, 5.41) is 17.2. The average molecular weight is 441 g/mol. The summed E-state index contributed by atoms with van der Waals surface area (Å²) in [6, 6.07) is 6.14. The number of carbonyl (C=O) groups excluding carboxylic acids is 1. The molecule has 2 saturated heterocycles. The van der Waals surface area contributed by atoms with Crippen LogP contribution in [0.1, 0.15) is 11.4 Å². The molecule has 0 atom stereocenters. The average Bonchev–Trinajstić information content (AvgIpc) is 3.44. The molecule has 10 heteroatoms. The van der Waals surface area contributed by atoms with Gasteiger partial charge >= 0.3 is 0 Å². The molecule has 31 heavy (non-hydrogen) atoms. The highest BCUT2D eigenvalue weighted by Crippen LogP contribution is 2.16. The van der Waals surface area contributed by atoms with E-state index in [9.17, 15) is 4.79 Å². The molecular formula is C21H28N8OS. The minimum atomic E-state index is 0.253.